The van der Waals surface area contributed by atoms with E-state index >= 15 is 0 Å². The largest absolute Gasteiger partial charge is 0.350 e. The molecule has 1 aromatic carbocycles. The smallest absolute Gasteiger partial charge is 0.142 e. The molecule has 2 aromatic rings. The zero-order chi connectivity index (χ0) is 11.5. The lowest BCUT2D eigenvalue weighted by Crippen LogP contribution is -1.98. The Morgan fingerprint density at radius 1 is 1.25 bits per heavy atom. The standard InChI is InChI=1S/C12H12ClFN2/c13-11-2-1-9(5-12(11)14)7-16-4-3-10(6-15)8-16/h1-5,8H,6-7,15H2. The highest BCUT2D eigenvalue weighted by Gasteiger charge is 2.02. The van der Waals surface area contributed by atoms with E-state index in [4.69, 9.17) is 17.3 Å². The average molecular weight is 239 g/mol. The monoisotopic (exact) mass is 238 g/mol. The maximum atomic E-state index is 13.2. The molecule has 84 valence electrons. The lowest BCUT2D eigenvalue weighted by Gasteiger charge is -2.04. The van der Waals surface area contributed by atoms with Crippen molar-refractivity contribution in [2.24, 2.45) is 5.73 Å². The molecule has 0 amide bonds. The molecule has 0 aliphatic carbocycles. The van der Waals surface area contributed by atoms with Gasteiger partial charge in [0.1, 0.15) is 5.82 Å². The van der Waals surface area contributed by atoms with Gasteiger partial charge in [0.25, 0.3) is 0 Å². The topological polar surface area (TPSA) is 30.9 Å². The number of rotatable bonds is 3. The van der Waals surface area contributed by atoms with Crippen molar-refractivity contribution in [1.29, 1.82) is 0 Å². The van der Waals surface area contributed by atoms with Gasteiger partial charge < -0.3 is 10.3 Å². The van der Waals surface area contributed by atoms with Crippen LogP contribution in [0.1, 0.15) is 11.1 Å². The minimum atomic E-state index is -0.384. The van der Waals surface area contributed by atoms with Crippen LogP contribution in [0.3, 0.4) is 0 Å². The van der Waals surface area contributed by atoms with Gasteiger partial charge in [-0.25, -0.2) is 4.39 Å². The Bertz CT molecular complexity index is 494. The summed E-state index contributed by atoms with van der Waals surface area (Å²) in [5.41, 5.74) is 7.45. The highest BCUT2D eigenvalue weighted by Crippen LogP contribution is 2.16. The number of hydrogen-bond donors (Lipinski definition) is 1. The molecule has 2 rings (SSSR count). The first-order valence-electron chi connectivity index (χ1n) is 4.97. The van der Waals surface area contributed by atoms with Crippen molar-refractivity contribution >= 4 is 11.6 Å². The fourth-order valence-corrected chi connectivity index (χ4v) is 1.68. The highest BCUT2D eigenvalue weighted by atomic mass is 35.5. The quantitative estimate of drug-likeness (QED) is 0.876. The average Bonchev–Trinajstić information content (AvgIpc) is 2.71. The van der Waals surface area contributed by atoms with Gasteiger partial charge in [0, 0.05) is 25.5 Å². The van der Waals surface area contributed by atoms with Gasteiger partial charge in [0.15, 0.2) is 0 Å². The second-order valence-corrected chi connectivity index (χ2v) is 4.05. The summed E-state index contributed by atoms with van der Waals surface area (Å²) in [6, 6.07) is 6.78. The molecule has 4 heteroatoms. The Morgan fingerprint density at radius 3 is 2.69 bits per heavy atom. The van der Waals surface area contributed by atoms with E-state index in [0.29, 0.717) is 13.1 Å². The first-order chi connectivity index (χ1) is 7.69. The van der Waals surface area contributed by atoms with Gasteiger partial charge in [-0.05, 0) is 29.3 Å². The SMILES string of the molecule is NCc1ccn(Cc2ccc(Cl)c(F)c2)c1. The molecule has 0 atom stereocenters. The summed E-state index contributed by atoms with van der Waals surface area (Å²) in [5.74, 6) is -0.384. The highest BCUT2D eigenvalue weighted by molar-refractivity contribution is 6.30. The van der Waals surface area contributed by atoms with Gasteiger partial charge in [-0.1, -0.05) is 17.7 Å². The second-order valence-electron chi connectivity index (χ2n) is 3.64. The van der Waals surface area contributed by atoms with Crippen molar-refractivity contribution in [2.45, 2.75) is 13.1 Å². The number of nitrogens with two attached hydrogens (primary N) is 1. The summed E-state index contributed by atoms with van der Waals surface area (Å²) in [4.78, 5) is 0. The third-order valence-electron chi connectivity index (χ3n) is 2.40. The summed E-state index contributed by atoms with van der Waals surface area (Å²) < 4.78 is 15.2. The molecule has 0 saturated carbocycles. The molecule has 0 saturated heterocycles. The van der Waals surface area contributed by atoms with Crippen molar-refractivity contribution in [3.8, 4) is 0 Å². The molecule has 2 nitrogen and oxygen atoms in total. The molecule has 0 bridgehead atoms. The number of halogens is 2. The zero-order valence-electron chi connectivity index (χ0n) is 8.66. The predicted molar refractivity (Wildman–Crippen MR) is 62.8 cm³/mol. The van der Waals surface area contributed by atoms with Gasteiger partial charge in [0.05, 0.1) is 5.02 Å². The van der Waals surface area contributed by atoms with Crippen molar-refractivity contribution in [1.82, 2.24) is 4.57 Å². The molecule has 0 unspecified atom stereocenters. The Balaban J connectivity index is 2.17. The summed E-state index contributed by atoms with van der Waals surface area (Å²) in [6.45, 7) is 1.13. The molecule has 0 aliphatic heterocycles. The van der Waals surface area contributed by atoms with Crippen LogP contribution in [0.25, 0.3) is 0 Å². The Kier molecular flexibility index (Phi) is 3.27. The first kappa shape index (κ1) is 11.2. The lowest BCUT2D eigenvalue weighted by molar-refractivity contribution is 0.624. The van der Waals surface area contributed by atoms with Crippen molar-refractivity contribution < 1.29 is 4.39 Å². The van der Waals surface area contributed by atoms with E-state index in [1.807, 2.05) is 29.1 Å². The van der Waals surface area contributed by atoms with Crippen molar-refractivity contribution in [3.05, 3.63) is 58.6 Å². The van der Waals surface area contributed by atoms with Crippen LogP contribution < -0.4 is 5.73 Å². The second kappa shape index (κ2) is 4.68. The van der Waals surface area contributed by atoms with Gasteiger partial charge in [-0.3, -0.25) is 0 Å². The minimum Gasteiger partial charge on any atom is -0.350 e. The number of hydrogen-bond acceptors (Lipinski definition) is 1. The van der Waals surface area contributed by atoms with Gasteiger partial charge in [-0.15, -0.1) is 0 Å². The van der Waals surface area contributed by atoms with Crippen LogP contribution in [0.15, 0.2) is 36.7 Å². The number of benzene rings is 1. The molecule has 0 aliphatic rings. The molecule has 0 fully saturated rings. The van der Waals surface area contributed by atoms with Crippen LogP contribution in [-0.2, 0) is 13.1 Å². The molecule has 1 aromatic heterocycles. The van der Waals surface area contributed by atoms with Crippen molar-refractivity contribution in [3.63, 3.8) is 0 Å². The Morgan fingerprint density at radius 2 is 2.06 bits per heavy atom. The predicted octanol–water partition coefficient (Wildman–Crippen LogP) is 2.79. The first-order valence-corrected chi connectivity index (χ1v) is 5.35. The minimum absolute atomic E-state index is 0.152. The number of nitrogens with zero attached hydrogens (tertiary/aromatic N) is 1. The molecule has 2 N–H and O–H groups in total. The summed E-state index contributed by atoms with van der Waals surface area (Å²) >= 11 is 5.61. The van der Waals surface area contributed by atoms with Gasteiger partial charge in [0.2, 0.25) is 0 Å². The Hall–Kier alpha value is -1.32. The summed E-state index contributed by atoms with van der Waals surface area (Å²) in [5, 5.41) is 0.152. The van der Waals surface area contributed by atoms with E-state index in [-0.39, 0.29) is 10.8 Å². The van der Waals surface area contributed by atoms with E-state index in [0.717, 1.165) is 11.1 Å². The van der Waals surface area contributed by atoms with E-state index in [1.54, 1.807) is 6.07 Å². The van der Waals surface area contributed by atoms with Gasteiger partial charge >= 0.3 is 0 Å². The van der Waals surface area contributed by atoms with Crippen LogP contribution in [0, 0.1) is 5.82 Å². The Labute approximate surface area is 98.4 Å². The normalized spacial score (nSPS) is 10.7. The molecular formula is C12H12ClFN2. The summed E-state index contributed by atoms with van der Waals surface area (Å²) in [6.07, 6.45) is 3.88. The maximum absolute atomic E-state index is 13.2. The lowest BCUT2D eigenvalue weighted by atomic mass is 10.2. The van der Waals surface area contributed by atoms with E-state index in [1.165, 1.54) is 6.07 Å². The fourth-order valence-electron chi connectivity index (χ4n) is 1.56. The van der Waals surface area contributed by atoms with E-state index < -0.39 is 0 Å². The van der Waals surface area contributed by atoms with Crippen LogP contribution in [0.5, 0.6) is 0 Å². The van der Waals surface area contributed by atoms with Crippen LogP contribution >= 0.6 is 11.6 Å². The van der Waals surface area contributed by atoms with Crippen LogP contribution in [-0.4, -0.2) is 4.57 Å². The third kappa shape index (κ3) is 2.43. The van der Waals surface area contributed by atoms with E-state index in [9.17, 15) is 4.39 Å². The molecule has 0 spiro atoms. The maximum Gasteiger partial charge on any atom is 0.142 e. The number of aromatic nitrogens is 1. The van der Waals surface area contributed by atoms with Crippen LogP contribution in [0.4, 0.5) is 4.39 Å². The summed E-state index contributed by atoms with van der Waals surface area (Å²) in [7, 11) is 0. The molecular weight excluding hydrogens is 227 g/mol. The third-order valence-corrected chi connectivity index (χ3v) is 2.70. The van der Waals surface area contributed by atoms with Crippen LogP contribution in [0.2, 0.25) is 5.02 Å². The molecule has 1 heterocycles. The fraction of sp³-hybridized carbons (Fsp3) is 0.167. The van der Waals surface area contributed by atoms with Gasteiger partial charge in [-0.2, -0.15) is 0 Å². The zero-order valence-corrected chi connectivity index (χ0v) is 9.41. The molecule has 16 heavy (non-hydrogen) atoms. The van der Waals surface area contributed by atoms with E-state index in [2.05, 4.69) is 0 Å². The van der Waals surface area contributed by atoms with Crippen molar-refractivity contribution in [2.75, 3.05) is 0 Å². The molecule has 0 radical (unpaired) electrons.